The molecule has 4 nitrogen and oxygen atoms in total. The minimum atomic E-state index is -0.196. The van der Waals surface area contributed by atoms with E-state index in [9.17, 15) is 4.79 Å². The fourth-order valence-corrected chi connectivity index (χ4v) is 4.20. The molecule has 0 bridgehead atoms. The topological polar surface area (TPSA) is 38.8 Å². The molecule has 0 aliphatic carbocycles. The van der Waals surface area contributed by atoms with Crippen molar-refractivity contribution < 1.29 is 14.3 Å². The Bertz CT molecular complexity index is 568. The first-order chi connectivity index (χ1) is 10.6. The van der Waals surface area contributed by atoms with Crippen LogP contribution >= 0.6 is 39.9 Å². The van der Waals surface area contributed by atoms with Crippen molar-refractivity contribution in [1.29, 1.82) is 0 Å². The third-order valence-corrected chi connectivity index (χ3v) is 5.33. The molecule has 0 N–H and O–H groups in total. The highest BCUT2D eigenvalue weighted by Crippen LogP contribution is 2.33. The van der Waals surface area contributed by atoms with Crippen molar-refractivity contribution in [3.8, 4) is 5.75 Å². The molecular weight excluding hydrogens is 386 g/mol. The van der Waals surface area contributed by atoms with Crippen molar-refractivity contribution >= 4 is 50.1 Å². The summed E-state index contributed by atoms with van der Waals surface area (Å²) in [5.41, 5.74) is 1.01. The van der Waals surface area contributed by atoms with Crippen LogP contribution in [0, 0.1) is 0 Å². The van der Waals surface area contributed by atoms with Gasteiger partial charge in [-0.3, -0.25) is 9.69 Å². The van der Waals surface area contributed by atoms with E-state index in [1.54, 1.807) is 12.0 Å². The van der Waals surface area contributed by atoms with E-state index in [1.807, 2.05) is 25.1 Å². The Morgan fingerprint density at radius 2 is 2.23 bits per heavy atom. The number of carbonyl (C=O) groups is 1. The minimum absolute atomic E-state index is 0.0504. The second-order valence-electron chi connectivity index (χ2n) is 4.74. The Morgan fingerprint density at radius 3 is 2.91 bits per heavy atom. The molecule has 1 saturated heterocycles. The Labute approximate surface area is 148 Å². The molecule has 2 rings (SSSR count). The Morgan fingerprint density at radius 1 is 1.45 bits per heavy atom. The number of thioether (sulfide) groups is 1. The zero-order chi connectivity index (χ0) is 16.1. The molecule has 22 heavy (non-hydrogen) atoms. The number of hydrogen-bond acceptors (Lipinski definition) is 5. The number of amides is 1. The second kappa shape index (κ2) is 8.29. The summed E-state index contributed by atoms with van der Waals surface area (Å²) in [6, 6.07) is 5.86. The number of nitrogens with zero attached hydrogens (tertiary/aromatic N) is 1. The van der Waals surface area contributed by atoms with E-state index >= 15 is 0 Å². The highest BCUT2D eigenvalue weighted by atomic mass is 79.9. The van der Waals surface area contributed by atoms with E-state index in [2.05, 4.69) is 15.9 Å². The maximum absolute atomic E-state index is 12.5. The summed E-state index contributed by atoms with van der Waals surface area (Å²) >= 11 is 10.2. The zero-order valence-electron chi connectivity index (χ0n) is 12.5. The normalized spacial score (nSPS) is 18.1. The monoisotopic (exact) mass is 403 g/mol. The van der Waals surface area contributed by atoms with Crippen LogP contribution in [0.4, 0.5) is 0 Å². The average molecular weight is 404 g/mol. The predicted molar refractivity (Wildman–Crippen MR) is 96.6 cm³/mol. The van der Waals surface area contributed by atoms with Crippen molar-refractivity contribution in [2.45, 2.75) is 18.6 Å². The zero-order valence-corrected chi connectivity index (χ0v) is 15.7. The molecule has 0 saturated carbocycles. The van der Waals surface area contributed by atoms with E-state index < -0.39 is 0 Å². The van der Waals surface area contributed by atoms with Gasteiger partial charge >= 0.3 is 0 Å². The van der Waals surface area contributed by atoms with Gasteiger partial charge < -0.3 is 9.47 Å². The van der Waals surface area contributed by atoms with E-state index in [4.69, 9.17) is 21.7 Å². The summed E-state index contributed by atoms with van der Waals surface area (Å²) in [5, 5.41) is -0.196. The summed E-state index contributed by atoms with van der Waals surface area (Å²) < 4.78 is 12.3. The molecule has 7 heteroatoms. The lowest BCUT2D eigenvalue weighted by Gasteiger charge is -2.15. The standard InChI is InChI=1S/C15H18BrNO3S2/c1-3-20-12-5-4-11(16)8-10(12)9-13-14(18)17(6-7-19-2)15(21)22-13/h4-5,8,13H,3,6-7,9H2,1-2H3/t13-/m0/s1. The molecule has 1 fully saturated rings. The van der Waals surface area contributed by atoms with Gasteiger partial charge in [-0.1, -0.05) is 39.9 Å². The SMILES string of the molecule is CCOc1ccc(Br)cc1C[C@@H]1SC(=S)N(CCOC)C1=O. The van der Waals surface area contributed by atoms with Crippen LogP contribution in [0.1, 0.15) is 12.5 Å². The van der Waals surface area contributed by atoms with Gasteiger partial charge in [0.05, 0.1) is 25.0 Å². The van der Waals surface area contributed by atoms with Crippen LogP contribution in [0.2, 0.25) is 0 Å². The number of methoxy groups -OCH3 is 1. The van der Waals surface area contributed by atoms with Gasteiger partial charge in [-0.25, -0.2) is 0 Å². The minimum Gasteiger partial charge on any atom is -0.494 e. The molecule has 1 heterocycles. The summed E-state index contributed by atoms with van der Waals surface area (Å²) in [7, 11) is 1.62. The smallest absolute Gasteiger partial charge is 0.242 e. The molecule has 1 atom stereocenters. The van der Waals surface area contributed by atoms with Gasteiger partial charge in [0.2, 0.25) is 5.91 Å². The van der Waals surface area contributed by atoms with Crippen molar-refractivity contribution in [3.63, 3.8) is 0 Å². The Kier molecular flexibility index (Phi) is 6.67. The van der Waals surface area contributed by atoms with Gasteiger partial charge in [0.1, 0.15) is 10.1 Å². The fourth-order valence-electron chi connectivity index (χ4n) is 2.22. The second-order valence-corrected chi connectivity index (χ2v) is 7.50. The quantitative estimate of drug-likeness (QED) is 0.653. The van der Waals surface area contributed by atoms with Crippen LogP contribution in [-0.2, 0) is 16.0 Å². The lowest BCUT2D eigenvalue weighted by atomic mass is 10.1. The lowest BCUT2D eigenvalue weighted by molar-refractivity contribution is -0.126. The first kappa shape index (κ1) is 17.7. The molecule has 120 valence electrons. The van der Waals surface area contributed by atoms with Crippen LogP contribution in [0.25, 0.3) is 0 Å². The van der Waals surface area contributed by atoms with Crippen LogP contribution in [-0.4, -0.2) is 47.2 Å². The maximum Gasteiger partial charge on any atom is 0.242 e. The summed E-state index contributed by atoms with van der Waals surface area (Å²) in [6.07, 6.45) is 0.599. The third-order valence-electron chi connectivity index (χ3n) is 3.25. The van der Waals surface area contributed by atoms with Gasteiger partial charge in [-0.05, 0) is 37.1 Å². The van der Waals surface area contributed by atoms with E-state index in [0.29, 0.717) is 30.5 Å². The number of halogens is 1. The molecule has 1 aliphatic rings. The third kappa shape index (κ3) is 4.22. The molecule has 0 spiro atoms. The predicted octanol–water partition coefficient (Wildman–Crippen LogP) is 3.27. The molecule has 0 unspecified atom stereocenters. The summed E-state index contributed by atoms with van der Waals surface area (Å²) in [4.78, 5) is 14.1. The van der Waals surface area contributed by atoms with Gasteiger partial charge in [-0.15, -0.1) is 0 Å². The fraction of sp³-hybridized carbons (Fsp3) is 0.467. The Balaban J connectivity index is 2.12. The first-order valence-electron chi connectivity index (χ1n) is 6.99. The number of benzene rings is 1. The number of rotatable bonds is 7. The number of thiocarbonyl (C=S) groups is 1. The number of hydrogen-bond donors (Lipinski definition) is 0. The highest BCUT2D eigenvalue weighted by Gasteiger charge is 2.36. The van der Waals surface area contributed by atoms with Crippen molar-refractivity contribution in [2.75, 3.05) is 26.9 Å². The number of carbonyl (C=O) groups excluding carboxylic acids is 1. The van der Waals surface area contributed by atoms with E-state index in [1.165, 1.54) is 11.8 Å². The van der Waals surface area contributed by atoms with Crippen LogP contribution < -0.4 is 4.74 Å². The average Bonchev–Trinajstić information content (AvgIpc) is 2.74. The van der Waals surface area contributed by atoms with Crippen LogP contribution in [0.3, 0.4) is 0 Å². The molecule has 1 aromatic rings. The molecule has 1 aromatic carbocycles. The van der Waals surface area contributed by atoms with Gasteiger partial charge in [0.15, 0.2) is 0 Å². The van der Waals surface area contributed by atoms with Crippen molar-refractivity contribution in [2.24, 2.45) is 0 Å². The molecular formula is C15H18BrNO3S2. The molecule has 1 aliphatic heterocycles. The highest BCUT2D eigenvalue weighted by molar-refractivity contribution is 9.10. The summed E-state index contributed by atoms with van der Waals surface area (Å²) in [5.74, 6) is 0.870. The van der Waals surface area contributed by atoms with Crippen molar-refractivity contribution in [3.05, 3.63) is 28.2 Å². The van der Waals surface area contributed by atoms with Gasteiger partial charge in [0.25, 0.3) is 0 Å². The van der Waals surface area contributed by atoms with Gasteiger partial charge in [-0.2, -0.15) is 0 Å². The Hall–Kier alpha value is -0.630. The van der Waals surface area contributed by atoms with Crippen molar-refractivity contribution in [1.82, 2.24) is 4.90 Å². The molecule has 0 radical (unpaired) electrons. The lowest BCUT2D eigenvalue weighted by Crippen LogP contribution is -2.34. The van der Waals surface area contributed by atoms with Crippen LogP contribution in [0.5, 0.6) is 5.75 Å². The summed E-state index contributed by atoms with van der Waals surface area (Å²) in [6.45, 7) is 3.54. The first-order valence-corrected chi connectivity index (χ1v) is 9.07. The van der Waals surface area contributed by atoms with E-state index in [-0.39, 0.29) is 11.2 Å². The van der Waals surface area contributed by atoms with Gasteiger partial charge in [0, 0.05) is 11.6 Å². The molecule has 1 amide bonds. The number of ether oxygens (including phenoxy) is 2. The molecule has 0 aromatic heterocycles. The van der Waals surface area contributed by atoms with E-state index in [0.717, 1.165) is 15.8 Å². The maximum atomic E-state index is 12.5. The largest absolute Gasteiger partial charge is 0.494 e. The van der Waals surface area contributed by atoms with Crippen LogP contribution in [0.15, 0.2) is 22.7 Å².